The summed E-state index contributed by atoms with van der Waals surface area (Å²) >= 11 is 3.34. The summed E-state index contributed by atoms with van der Waals surface area (Å²) in [6, 6.07) is 4.74. The molecule has 1 aromatic carbocycles. The molecule has 2 nitrogen and oxygen atoms in total. The molecule has 0 radical (unpaired) electrons. The summed E-state index contributed by atoms with van der Waals surface area (Å²) in [5.74, 6) is 0.764. The Bertz CT molecular complexity index is 495. The minimum Gasteiger partial charge on any atom is -0.388 e. The van der Waals surface area contributed by atoms with Gasteiger partial charge in [-0.15, -0.1) is 0 Å². The summed E-state index contributed by atoms with van der Waals surface area (Å²) < 4.78 is 14.8. The van der Waals surface area contributed by atoms with Gasteiger partial charge in [0.25, 0.3) is 0 Å². The molecular weight excluding hydrogens is 309 g/mol. The molecule has 2 fully saturated rings. The summed E-state index contributed by atoms with van der Waals surface area (Å²) in [5.41, 5.74) is 6.04. The highest BCUT2D eigenvalue weighted by atomic mass is 79.9. The molecule has 4 unspecified atom stereocenters. The summed E-state index contributed by atoms with van der Waals surface area (Å²) in [4.78, 5) is 0. The van der Waals surface area contributed by atoms with E-state index in [0.29, 0.717) is 23.9 Å². The molecular formula is C15H19BrFNO. The minimum absolute atomic E-state index is 0.329. The predicted molar refractivity (Wildman–Crippen MR) is 76.0 cm³/mol. The Hall–Kier alpha value is -0.450. The molecule has 2 aliphatic carbocycles. The topological polar surface area (TPSA) is 46.2 Å². The Morgan fingerprint density at radius 2 is 2.26 bits per heavy atom. The van der Waals surface area contributed by atoms with Gasteiger partial charge in [0.05, 0.1) is 6.10 Å². The normalized spacial score (nSPS) is 34.7. The van der Waals surface area contributed by atoms with Crippen LogP contribution in [-0.2, 0) is 0 Å². The van der Waals surface area contributed by atoms with E-state index in [1.807, 2.05) is 0 Å². The van der Waals surface area contributed by atoms with Gasteiger partial charge in [0.2, 0.25) is 0 Å². The summed E-state index contributed by atoms with van der Waals surface area (Å²) in [7, 11) is 0. The molecule has 0 heterocycles. The molecule has 1 aromatic rings. The van der Waals surface area contributed by atoms with E-state index in [1.54, 1.807) is 12.1 Å². The molecule has 2 aliphatic rings. The molecule has 104 valence electrons. The average Bonchev–Trinajstić information content (AvgIpc) is 3.01. The molecule has 0 amide bonds. The van der Waals surface area contributed by atoms with Gasteiger partial charge in [-0.1, -0.05) is 22.4 Å². The molecule has 0 saturated heterocycles. The van der Waals surface area contributed by atoms with Crippen molar-refractivity contribution >= 4 is 15.9 Å². The van der Waals surface area contributed by atoms with Gasteiger partial charge in [0.15, 0.2) is 0 Å². The highest BCUT2D eigenvalue weighted by Crippen LogP contribution is 2.60. The van der Waals surface area contributed by atoms with E-state index in [-0.39, 0.29) is 11.2 Å². The average molecular weight is 328 g/mol. The maximum Gasteiger partial charge on any atom is 0.129 e. The number of fused-ring (bicyclic) bond motifs is 2. The highest BCUT2D eigenvalue weighted by Gasteiger charge is 2.54. The fourth-order valence-corrected chi connectivity index (χ4v) is 4.60. The Morgan fingerprint density at radius 3 is 2.84 bits per heavy atom. The zero-order valence-corrected chi connectivity index (χ0v) is 12.4. The molecule has 0 spiro atoms. The van der Waals surface area contributed by atoms with Crippen LogP contribution >= 0.6 is 15.9 Å². The van der Waals surface area contributed by atoms with Crippen molar-refractivity contribution in [1.29, 1.82) is 0 Å². The highest BCUT2D eigenvalue weighted by molar-refractivity contribution is 9.10. The summed E-state index contributed by atoms with van der Waals surface area (Å²) in [6.07, 6.45) is 3.63. The van der Waals surface area contributed by atoms with Crippen LogP contribution in [-0.4, -0.2) is 11.7 Å². The molecule has 3 rings (SSSR count). The fourth-order valence-electron chi connectivity index (χ4n) is 4.22. The monoisotopic (exact) mass is 327 g/mol. The van der Waals surface area contributed by atoms with Crippen molar-refractivity contribution in [2.75, 3.05) is 6.54 Å². The SMILES string of the molecule is NCC1(C(O)c2cc(Br)ccc2F)CC2CCC1C2. The molecule has 2 saturated carbocycles. The van der Waals surface area contributed by atoms with Gasteiger partial charge in [0.1, 0.15) is 5.82 Å². The first-order valence-corrected chi connectivity index (χ1v) is 7.69. The lowest BCUT2D eigenvalue weighted by atomic mass is 9.67. The Balaban J connectivity index is 1.98. The smallest absolute Gasteiger partial charge is 0.129 e. The molecule has 2 bridgehead atoms. The standard InChI is InChI=1S/C15H19BrFNO/c16-11-3-4-13(17)12(6-11)14(19)15(8-18)7-9-1-2-10(15)5-9/h3-4,6,9-10,14,19H,1-2,5,7-8,18H2. The van der Waals surface area contributed by atoms with Crippen molar-refractivity contribution < 1.29 is 9.50 Å². The van der Waals surface area contributed by atoms with Crippen molar-refractivity contribution in [2.24, 2.45) is 23.0 Å². The Morgan fingerprint density at radius 1 is 1.47 bits per heavy atom. The Kier molecular flexibility index (Phi) is 3.44. The van der Waals surface area contributed by atoms with Crippen LogP contribution < -0.4 is 5.73 Å². The van der Waals surface area contributed by atoms with E-state index in [1.165, 1.54) is 12.5 Å². The first kappa shape index (κ1) is 13.5. The van der Waals surface area contributed by atoms with Crippen LogP contribution in [0.1, 0.15) is 37.4 Å². The quantitative estimate of drug-likeness (QED) is 0.893. The van der Waals surface area contributed by atoms with E-state index < -0.39 is 6.10 Å². The molecule has 4 atom stereocenters. The maximum absolute atomic E-state index is 14.0. The fraction of sp³-hybridized carbons (Fsp3) is 0.600. The third-order valence-electron chi connectivity index (χ3n) is 5.20. The number of benzene rings is 1. The molecule has 4 heteroatoms. The van der Waals surface area contributed by atoms with E-state index in [0.717, 1.165) is 23.7 Å². The number of halogens is 2. The van der Waals surface area contributed by atoms with Gasteiger partial charge < -0.3 is 10.8 Å². The lowest BCUT2D eigenvalue weighted by Crippen LogP contribution is -2.41. The minimum atomic E-state index is -0.801. The molecule has 3 N–H and O–H groups in total. The Labute approximate surface area is 121 Å². The van der Waals surface area contributed by atoms with Crippen LogP contribution in [0.3, 0.4) is 0 Å². The van der Waals surface area contributed by atoms with Crippen LogP contribution in [0.15, 0.2) is 22.7 Å². The first-order chi connectivity index (χ1) is 9.06. The number of aliphatic hydroxyl groups is 1. The van der Waals surface area contributed by atoms with Crippen LogP contribution in [0.5, 0.6) is 0 Å². The molecule has 0 aliphatic heterocycles. The lowest BCUT2D eigenvalue weighted by Gasteiger charge is -2.41. The van der Waals surface area contributed by atoms with Gasteiger partial charge in [0, 0.05) is 22.0 Å². The maximum atomic E-state index is 14.0. The van der Waals surface area contributed by atoms with Gasteiger partial charge in [-0.2, -0.15) is 0 Å². The summed E-state index contributed by atoms with van der Waals surface area (Å²) in [5, 5.41) is 10.8. The lowest BCUT2D eigenvalue weighted by molar-refractivity contribution is -0.0151. The molecule has 0 aromatic heterocycles. The second-order valence-corrected chi connectivity index (χ2v) is 7.00. The second kappa shape index (κ2) is 4.83. The summed E-state index contributed by atoms with van der Waals surface area (Å²) in [6.45, 7) is 0.432. The van der Waals surface area contributed by atoms with Crippen LogP contribution in [0, 0.1) is 23.1 Å². The van der Waals surface area contributed by atoms with Crippen LogP contribution in [0.4, 0.5) is 4.39 Å². The number of hydrogen-bond acceptors (Lipinski definition) is 2. The van der Waals surface area contributed by atoms with E-state index in [9.17, 15) is 9.50 Å². The van der Waals surface area contributed by atoms with Crippen molar-refractivity contribution in [3.63, 3.8) is 0 Å². The van der Waals surface area contributed by atoms with E-state index >= 15 is 0 Å². The van der Waals surface area contributed by atoms with Gasteiger partial charge >= 0.3 is 0 Å². The van der Waals surface area contributed by atoms with Gasteiger partial charge in [-0.05, 0) is 49.3 Å². The zero-order valence-electron chi connectivity index (χ0n) is 10.8. The number of aliphatic hydroxyl groups excluding tert-OH is 1. The van der Waals surface area contributed by atoms with Crippen molar-refractivity contribution in [3.8, 4) is 0 Å². The van der Waals surface area contributed by atoms with Gasteiger partial charge in [-0.3, -0.25) is 0 Å². The van der Waals surface area contributed by atoms with Crippen LogP contribution in [0.25, 0.3) is 0 Å². The third-order valence-corrected chi connectivity index (χ3v) is 5.69. The number of nitrogens with two attached hydrogens (primary N) is 1. The van der Waals surface area contributed by atoms with Crippen LogP contribution in [0.2, 0.25) is 0 Å². The zero-order chi connectivity index (χ0) is 13.6. The second-order valence-electron chi connectivity index (χ2n) is 6.09. The van der Waals surface area contributed by atoms with Crippen molar-refractivity contribution in [2.45, 2.75) is 31.8 Å². The van der Waals surface area contributed by atoms with Crippen molar-refractivity contribution in [1.82, 2.24) is 0 Å². The van der Waals surface area contributed by atoms with E-state index in [4.69, 9.17) is 5.73 Å². The number of rotatable bonds is 3. The third kappa shape index (κ3) is 2.05. The first-order valence-electron chi connectivity index (χ1n) is 6.90. The van der Waals surface area contributed by atoms with Crippen molar-refractivity contribution in [3.05, 3.63) is 34.1 Å². The predicted octanol–water partition coefficient (Wildman–Crippen LogP) is 3.39. The largest absolute Gasteiger partial charge is 0.388 e. The molecule has 19 heavy (non-hydrogen) atoms. The van der Waals surface area contributed by atoms with E-state index in [2.05, 4.69) is 15.9 Å². The number of hydrogen-bond donors (Lipinski definition) is 2. The van der Waals surface area contributed by atoms with Gasteiger partial charge in [-0.25, -0.2) is 4.39 Å².